The highest BCUT2D eigenvalue weighted by molar-refractivity contribution is 7.11. The Balaban J connectivity index is 1.84. The van der Waals surface area contributed by atoms with Gasteiger partial charge in [0.25, 0.3) is 0 Å². The van der Waals surface area contributed by atoms with Gasteiger partial charge in [-0.2, -0.15) is 0 Å². The smallest absolute Gasteiger partial charge is 0.307 e. The van der Waals surface area contributed by atoms with Crippen LogP contribution in [0.4, 0.5) is 0 Å². The van der Waals surface area contributed by atoms with Crippen molar-refractivity contribution in [1.29, 1.82) is 0 Å². The largest absolute Gasteiger partial charge is 0.488 e. The topological polar surface area (TPSA) is 49.8 Å². The molecule has 0 saturated carbocycles. The standard InChI is InChI=1S/C21H23NO3S/c1-2-22-8-5-15(6-9-22)20-17-11-14(12-19(23)24)3-4-18(17)25-13-16-7-10-26-21(16)20/h3-4,7,10-11H,2,5-6,8-9,12-13H2,1H3,(H,23,24). The second kappa shape index (κ2) is 7.25. The molecule has 0 aliphatic carbocycles. The van der Waals surface area contributed by atoms with Gasteiger partial charge in [0.2, 0.25) is 0 Å². The van der Waals surface area contributed by atoms with Gasteiger partial charge in [0.15, 0.2) is 0 Å². The third kappa shape index (κ3) is 3.29. The Labute approximate surface area is 157 Å². The maximum atomic E-state index is 11.2. The number of nitrogens with zero attached hydrogens (tertiary/aromatic N) is 1. The van der Waals surface area contributed by atoms with Crippen molar-refractivity contribution in [3.63, 3.8) is 0 Å². The molecule has 1 aromatic heterocycles. The van der Waals surface area contributed by atoms with Crippen LogP contribution in [0.5, 0.6) is 5.75 Å². The van der Waals surface area contributed by atoms with Crippen LogP contribution in [0.1, 0.15) is 41.3 Å². The van der Waals surface area contributed by atoms with E-state index in [1.54, 1.807) is 11.3 Å². The first-order chi connectivity index (χ1) is 12.7. The maximum absolute atomic E-state index is 11.2. The van der Waals surface area contributed by atoms with Crippen LogP contribution in [0, 0.1) is 0 Å². The molecule has 0 radical (unpaired) electrons. The third-order valence-corrected chi connectivity index (χ3v) is 6.26. The van der Waals surface area contributed by atoms with Crippen molar-refractivity contribution in [2.75, 3.05) is 19.6 Å². The summed E-state index contributed by atoms with van der Waals surface area (Å²) < 4.78 is 6.07. The number of fused-ring (bicyclic) bond motifs is 2. The molecule has 2 aromatic rings. The highest BCUT2D eigenvalue weighted by Crippen LogP contribution is 2.43. The van der Waals surface area contributed by atoms with Gasteiger partial charge in [0, 0.05) is 34.7 Å². The van der Waals surface area contributed by atoms with E-state index < -0.39 is 5.97 Å². The number of carboxylic acids is 1. The molecule has 5 heteroatoms. The fourth-order valence-electron chi connectivity index (χ4n) is 3.87. The number of carboxylic acid groups (broad SMARTS) is 1. The lowest BCUT2D eigenvalue weighted by atomic mass is 9.90. The summed E-state index contributed by atoms with van der Waals surface area (Å²) in [6.45, 7) is 6.04. The lowest BCUT2D eigenvalue weighted by Crippen LogP contribution is -2.30. The van der Waals surface area contributed by atoms with E-state index in [9.17, 15) is 9.90 Å². The summed E-state index contributed by atoms with van der Waals surface area (Å²) in [5, 5.41) is 11.3. The Bertz CT molecular complexity index is 858. The van der Waals surface area contributed by atoms with Crippen LogP contribution in [0.25, 0.3) is 5.57 Å². The molecule has 1 fully saturated rings. The van der Waals surface area contributed by atoms with Gasteiger partial charge in [0.05, 0.1) is 6.42 Å². The molecule has 26 heavy (non-hydrogen) atoms. The molecule has 3 heterocycles. The SMILES string of the molecule is CCN1CCC(=C2c3cc(CC(=O)O)ccc3OCc3ccsc32)CC1. The Morgan fingerprint density at radius 3 is 2.81 bits per heavy atom. The Morgan fingerprint density at radius 2 is 2.08 bits per heavy atom. The highest BCUT2D eigenvalue weighted by atomic mass is 32.1. The van der Waals surface area contributed by atoms with Crippen molar-refractivity contribution in [2.24, 2.45) is 0 Å². The number of likely N-dealkylation sites (tertiary alicyclic amines) is 1. The molecule has 4 rings (SSSR count). The Morgan fingerprint density at radius 1 is 1.27 bits per heavy atom. The average molecular weight is 369 g/mol. The number of piperidine rings is 1. The predicted molar refractivity (Wildman–Crippen MR) is 104 cm³/mol. The van der Waals surface area contributed by atoms with E-state index in [2.05, 4.69) is 23.3 Å². The fraction of sp³-hybridized carbons (Fsp3) is 0.381. The summed E-state index contributed by atoms with van der Waals surface area (Å²) in [4.78, 5) is 14.9. The average Bonchev–Trinajstić information content (AvgIpc) is 3.04. The minimum atomic E-state index is -0.804. The molecule has 0 atom stereocenters. The number of ether oxygens (including phenoxy) is 1. The maximum Gasteiger partial charge on any atom is 0.307 e. The summed E-state index contributed by atoms with van der Waals surface area (Å²) in [5.41, 5.74) is 5.86. The van der Waals surface area contributed by atoms with Crippen molar-refractivity contribution < 1.29 is 14.6 Å². The second-order valence-corrected chi connectivity index (χ2v) is 7.79. The molecular weight excluding hydrogens is 346 g/mol. The van der Waals surface area contributed by atoms with Crippen molar-refractivity contribution in [2.45, 2.75) is 32.8 Å². The van der Waals surface area contributed by atoms with Crippen LogP contribution in [0.15, 0.2) is 35.2 Å². The van der Waals surface area contributed by atoms with E-state index in [4.69, 9.17) is 4.74 Å². The van der Waals surface area contributed by atoms with Crippen LogP contribution in [0.2, 0.25) is 0 Å². The van der Waals surface area contributed by atoms with Crippen LogP contribution >= 0.6 is 11.3 Å². The second-order valence-electron chi connectivity index (χ2n) is 6.88. The summed E-state index contributed by atoms with van der Waals surface area (Å²) in [6.07, 6.45) is 2.16. The first-order valence-electron chi connectivity index (χ1n) is 9.14. The molecule has 1 aromatic carbocycles. The van der Waals surface area contributed by atoms with E-state index >= 15 is 0 Å². The normalized spacial score (nSPS) is 17.3. The molecule has 4 nitrogen and oxygen atoms in total. The molecule has 0 amide bonds. The number of rotatable bonds is 3. The molecule has 0 unspecified atom stereocenters. The van der Waals surface area contributed by atoms with Gasteiger partial charge in [0.1, 0.15) is 12.4 Å². The highest BCUT2D eigenvalue weighted by Gasteiger charge is 2.26. The molecule has 0 bridgehead atoms. The first kappa shape index (κ1) is 17.3. The lowest BCUT2D eigenvalue weighted by molar-refractivity contribution is -0.136. The van der Waals surface area contributed by atoms with E-state index in [0.717, 1.165) is 49.4 Å². The van der Waals surface area contributed by atoms with Gasteiger partial charge in [-0.15, -0.1) is 11.3 Å². The predicted octanol–water partition coefficient (Wildman–Crippen LogP) is 4.19. The first-order valence-corrected chi connectivity index (χ1v) is 10.0. The van der Waals surface area contributed by atoms with Crippen molar-refractivity contribution in [1.82, 2.24) is 4.90 Å². The quantitative estimate of drug-likeness (QED) is 0.882. The molecule has 136 valence electrons. The van der Waals surface area contributed by atoms with E-state index in [-0.39, 0.29) is 6.42 Å². The van der Waals surface area contributed by atoms with E-state index in [0.29, 0.717) is 6.61 Å². The summed E-state index contributed by atoms with van der Waals surface area (Å²) in [6, 6.07) is 7.97. The number of hydrogen-bond acceptors (Lipinski definition) is 4. The van der Waals surface area contributed by atoms with E-state index in [1.165, 1.54) is 21.6 Å². The molecule has 1 N–H and O–H groups in total. The Hall–Kier alpha value is -2.11. The van der Waals surface area contributed by atoms with Gasteiger partial charge in [-0.3, -0.25) is 4.79 Å². The van der Waals surface area contributed by atoms with Gasteiger partial charge in [-0.05, 0) is 48.5 Å². The fourth-order valence-corrected chi connectivity index (χ4v) is 4.89. The monoisotopic (exact) mass is 369 g/mol. The lowest BCUT2D eigenvalue weighted by Gasteiger charge is -2.29. The van der Waals surface area contributed by atoms with Gasteiger partial charge < -0.3 is 14.7 Å². The van der Waals surface area contributed by atoms with Crippen LogP contribution < -0.4 is 4.74 Å². The zero-order valence-corrected chi connectivity index (χ0v) is 15.8. The molecule has 2 aliphatic heterocycles. The van der Waals surface area contributed by atoms with E-state index in [1.807, 2.05) is 18.2 Å². The Kier molecular flexibility index (Phi) is 4.83. The molecular formula is C21H23NO3S. The van der Waals surface area contributed by atoms with Crippen molar-refractivity contribution in [3.8, 4) is 5.75 Å². The zero-order chi connectivity index (χ0) is 18.1. The summed E-state index contributed by atoms with van der Waals surface area (Å²) in [7, 11) is 0. The number of aliphatic carboxylic acids is 1. The number of benzene rings is 1. The molecule has 1 saturated heterocycles. The van der Waals surface area contributed by atoms with Gasteiger partial charge >= 0.3 is 5.97 Å². The van der Waals surface area contributed by atoms with Gasteiger partial charge in [-0.25, -0.2) is 0 Å². The van der Waals surface area contributed by atoms with Crippen LogP contribution in [0.3, 0.4) is 0 Å². The minimum Gasteiger partial charge on any atom is -0.488 e. The molecule has 2 aliphatic rings. The van der Waals surface area contributed by atoms with Crippen molar-refractivity contribution >= 4 is 22.9 Å². The van der Waals surface area contributed by atoms with Crippen molar-refractivity contribution in [3.05, 3.63) is 56.8 Å². The number of hydrogen-bond donors (Lipinski definition) is 1. The number of thiophene rings is 1. The molecule has 0 spiro atoms. The van der Waals surface area contributed by atoms with Crippen LogP contribution in [-0.4, -0.2) is 35.6 Å². The third-order valence-electron chi connectivity index (χ3n) is 5.29. The number of carbonyl (C=O) groups is 1. The van der Waals surface area contributed by atoms with Crippen LogP contribution in [-0.2, 0) is 17.8 Å². The summed E-state index contributed by atoms with van der Waals surface area (Å²) in [5.74, 6) is 0.0599. The summed E-state index contributed by atoms with van der Waals surface area (Å²) >= 11 is 1.76. The zero-order valence-electron chi connectivity index (χ0n) is 15.0. The van der Waals surface area contributed by atoms with Gasteiger partial charge in [-0.1, -0.05) is 18.6 Å². The minimum absolute atomic E-state index is 0.0385.